The van der Waals surface area contributed by atoms with Crippen LogP contribution < -0.4 is 10.2 Å². The van der Waals surface area contributed by atoms with Crippen LogP contribution in [-0.2, 0) is 0 Å². The van der Waals surface area contributed by atoms with E-state index in [1.54, 1.807) is 6.20 Å². The lowest BCUT2D eigenvalue weighted by molar-refractivity contribution is 0.393. The lowest BCUT2D eigenvalue weighted by Gasteiger charge is -2.34. The Balaban J connectivity index is 2.12. The molecule has 4 heteroatoms. The molecule has 2 heterocycles. The molecule has 0 amide bonds. The minimum Gasteiger partial charge on any atom is -0.367 e. The van der Waals surface area contributed by atoms with Gasteiger partial charge in [-0.3, -0.25) is 0 Å². The second-order valence-electron chi connectivity index (χ2n) is 5.40. The van der Waals surface area contributed by atoms with E-state index >= 15 is 0 Å². The molecule has 0 saturated carbocycles. The van der Waals surface area contributed by atoms with E-state index in [1.807, 2.05) is 12.1 Å². The van der Waals surface area contributed by atoms with E-state index in [4.69, 9.17) is 5.26 Å². The van der Waals surface area contributed by atoms with Crippen LogP contribution >= 0.6 is 0 Å². The zero-order valence-corrected chi connectivity index (χ0v) is 11.8. The lowest BCUT2D eigenvalue weighted by atomic mass is 10.0. The fraction of sp³-hybridized carbons (Fsp3) is 0.600. The molecule has 2 rings (SSSR count). The molecule has 1 aliphatic heterocycles. The van der Waals surface area contributed by atoms with Gasteiger partial charge >= 0.3 is 0 Å². The van der Waals surface area contributed by atoms with Crippen molar-refractivity contribution < 1.29 is 0 Å². The van der Waals surface area contributed by atoms with Gasteiger partial charge in [-0.25, -0.2) is 4.98 Å². The first-order valence-electron chi connectivity index (χ1n) is 7.07. The van der Waals surface area contributed by atoms with Crippen molar-refractivity contribution in [1.82, 2.24) is 10.3 Å². The molecule has 1 aliphatic rings. The van der Waals surface area contributed by atoms with Gasteiger partial charge in [-0.1, -0.05) is 6.42 Å². The van der Waals surface area contributed by atoms with E-state index < -0.39 is 0 Å². The van der Waals surface area contributed by atoms with Gasteiger partial charge in [0.1, 0.15) is 11.8 Å². The van der Waals surface area contributed by atoms with E-state index in [2.05, 4.69) is 35.1 Å². The van der Waals surface area contributed by atoms with Crippen molar-refractivity contribution in [2.75, 3.05) is 18.0 Å². The maximum atomic E-state index is 8.96. The van der Waals surface area contributed by atoms with E-state index in [0.717, 1.165) is 18.8 Å². The summed E-state index contributed by atoms with van der Waals surface area (Å²) >= 11 is 0. The minimum absolute atomic E-state index is 0.415. The van der Waals surface area contributed by atoms with Gasteiger partial charge in [0, 0.05) is 30.5 Å². The molecule has 1 fully saturated rings. The zero-order chi connectivity index (χ0) is 13.7. The molecule has 1 aromatic rings. The molecule has 0 aliphatic carbocycles. The molecule has 1 atom stereocenters. The number of hydrogen-bond acceptors (Lipinski definition) is 4. The third-order valence-corrected chi connectivity index (χ3v) is 3.64. The monoisotopic (exact) mass is 258 g/mol. The van der Waals surface area contributed by atoms with Crippen LogP contribution in [0.5, 0.6) is 0 Å². The summed E-state index contributed by atoms with van der Waals surface area (Å²) in [6.07, 6.45) is 5.55. The number of hydrogen-bond donors (Lipinski definition) is 1. The number of nitrogens with zero attached hydrogens (tertiary/aromatic N) is 3. The van der Waals surface area contributed by atoms with Gasteiger partial charge in [-0.15, -0.1) is 0 Å². The van der Waals surface area contributed by atoms with Crippen LogP contribution in [0.2, 0.25) is 0 Å². The number of rotatable bonds is 4. The lowest BCUT2D eigenvalue weighted by Crippen LogP contribution is -2.46. The zero-order valence-electron chi connectivity index (χ0n) is 11.8. The van der Waals surface area contributed by atoms with Crippen molar-refractivity contribution in [3.05, 3.63) is 24.0 Å². The van der Waals surface area contributed by atoms with Crippen LogP contribution in [0.3, 0.4) is 0 Å². The maximum absolute atomic E-state index is 8.96. The van der Waals surface area contributed by atoms with E-state index in [9.17, 15) is 0 Å². The van der Waals surface area contributed by atoms with Crippen molar-refractivity contribution in [2.24, 2.45) is 0 Å². The molecule has 19 heavy (non-hydrogen) atoms. The topological polar surface area (TPSA) is 52.0 Å². The van der Waals surface area contributed by atoms with Crippen molar-refractivity contribution >= 4 is 5.69 Å². The molecule has 0 aromatic carbocycles. The Morgan fingerprint density at radius 2 is 2.37 bits per heavy atom. The summed E-state index contributed by atoms with van der Waals surface area (Å²) in [5.74, 6) is 0. The number of aromatic nitrogens is 1. The molecular formula is C15H22N4. The van der Waals surface area contributed by atoms with Gasteiger partial charge in [0.05, 0.1) is 0 Å². The van der Waals surface area contributed by atoms with Gasteiger partial charge in [-0.2, -0.15) is 5.26 Å². The summed E-state index contributed by atoms with van der Waals surface area (Å²) in [5, 5.41) is 12.5. The summed E-state index contributed by atoms with van der Waals surface area (Å²) in [7, 11) is 0. The molecule has 102 valence electrons. The number of nitriles is 1. The highest BCUT2D eigenvalue weighted by molar-refractivity contribution is 5.49. The highest BCUT2D eigenvalue weighted by Gasteiger charge is 2.19. The molecular weight excluding hydrogens is 236 g/mol. The second-order valence-corrected chi connectivity index (χ2v) is 5.40. The van der Waals surface area contributed by atoms with E-state index in [-0.39, 0.29) is 0 Å². The van der Waals surface area contributed by atoms with Gasteiger partial charge in [0.25, 0.3) is 0 Å². The van der Waals surface area contributed by atoms with Crippen LogP contribution in [0.1, 0.15) is 38.8 Å². The van der Waals surface area contributed by atoms with Crippen LogP contribution in [0, 0.1) is 11.3 Å². The minimum atomic E-state index is 0.415. The highest BCUT2D eigenvalue weighted by atomic mass is 15.2. The predicted molar refractivity (Wildman–Crippen MR) is 77.1 cm³/mol. The van der Waals surface area contributed by atoms with Gasteiger partial charge in [0.15, 0.2) is 0 Å². The van der Waals surface area contributed by atoms with Gasteiger partial charge in [0.2, 0.25) is 0 Å². The molecule has 1 unspecified atom stereocenters. The Morgan fingerprint density at radius 1 is 1.53 bits per heavy atom. The second kappa shape index (κ2) is 6.53. The normalized spacial score (nSPS) is 19.2. The molecule has 0 bridgehead atoms. The van der Waals surface area contributed by atoms with Gasteiger partial charge in [-0.05, 0) is 45.4 Å². The third kappa shape index (κ3) is 3.68. The fourth-order valence-electron chi connectivity index (χ4n) is 2.59. The number of pyridine rings is 1. The largest absolute Gasteiger partial charge is 0.367 e. The maximum Gasteiger partial charge on any atom is 0.142 e. The standard InChI is InChI=1S/C15H22N4/c1-12(2)19(11-13-5-3-4-7-17-13)15-6-8-18-14(9-15)10-16/h6,8-9,12-13,17H,3-5,7,11H2,1-2H3. The molecule has 1 aromatic heterocycles. The average Bonchev–Trinajstić information content (AvgIpc) is 2.45. The van der Waals surface area contributed by atoms with Crippen LogP contribution in [-0.4, -0.2) is 30.2 Å². The Hall–Kier alpha value is -1.60. The van der Waals surface area contributed by atoms with Crippen LogP contribution in [0.4, 0.5) is 5.69 Å². The molecule has 0 radical (unpaired) electrons. The van der Waals surface area contributed by atoms with Gasteiger partial charge < -0.3 is 10.2 Å². The van der Waals surface area contributed by atoms with Crippen molar-refractivity contribution in [3.8, 4) is 6.07 Å². The Labute approximate surface area is 115 Å². The summed E-state index contributed by atoms with van der Waals surface area (Å²) in [6.45, 7) is 6.49. The van der Waals surface area contributed by atoms with E-state index in [0.29, 0.717) is 17.8 Å². The molecule has 0 spiro atoms. The summed E-state index contributed by atoms with van der Waals surface area (Å²) in [4.78, 5) is 6.40. The van der Waals surface area contributed by atoms with Crippen molar-refractivity contribution in [3.63, 3.8) is 0 Å². The smallest absolute Gasteiger partial charge is 0.142 e. The first-order chi connectivity index (χ1) is 9.20. The number of nitrogens with one attached hydrogen (secondary N) is 1. The first kappa shape index (κ1) is 13.8. The third-order valence-electron chi connectivity index (χ3n) is 3.64. The van der Waals surface area contributed by atoms with E-state index in [1.165, 1.54) is 19.3 Å². The Kier molecular flexibility index (Phi) is 4.75. The average molecular weight is 258 g/mol. The summed E-state index contributed by atoms with van der Waals surface area (Å²) in [6, 6.07) is 6.94. The predicted octanol–water partition coefficient (Wildman–Crippen LogP) is 2.31. The summed E-state index contributed by atoms with van der Waals surface area (Å²) < 4.78 is 0. The Bertz CT molecular complexity index is 444. The first-order valence-corrected chi connectivity index (χ1v) is 7.07. The fourth-order valence-corrected chi connectivity index (χ4v) is 2.59. The molecule has 1 N–H and O–H groups in total. The SMILES string of the molecule is CC(C)N(CC1CCCCN1)c1ccnc(C#N)c1. The number of anilines is 1. The summed E-state index contributed by atoms with van der Waals surface area (Å²) in [5.41, 5.74) is 1.58. The van der Waals surface area contributed by atoms with Crippen LogP contribution in [0.25, 0.3) is 0 Å². The molecule has 1 saturated heterocycles. The number of piperidine rings is 1. The van der Waals surface area contributed by atoms with Crippen LogP contribution in [0.15, 0.2) is 18.3 Å². The molecule has 4 nitrogen and oxygen atoms in total. The highest BCUT2D eigenvalue weighted by Crippen LogP contribution is 2.19. The quantitative estimate of drug-likeness (QED) is 0.900. The van der Waals surface area contributed by atoms with Crippen molar-refractivity contribution in [2.45, 2.75) is 45.2 Å². The van der Waals surface area contributed by atoms with Crippen molar-refractivity contribution in [1.29, 1.82) is 5.26 Å². The Morgan fingerprint density at radius 3 is 3.00 bits per heavy atom.